The topological polar surface area (TPSA) is 64.8 Å². The normalized spacial score (nSPS) is 31.8. The highest BCUT2D eigenvalue weighted by molar-refractivity contribution is 5.68. The molecule has 1 amide bonds. The van der Waals surface area contributed by atoms with Gasteiger partial charge in [-0.25, -0.2) is 4.79 Å². The van der Waals surface area contributed by atoms with Crippen LogP contribution in [0.15, 0.2) is 0 Å². The Kier molecular flexibility index (Phi) is 3.43. The fourth-order valence-electron chi connectivity index (χ4n) is 2.15. The van der Waals surface area contributed by atoms with Gasteiger partial charge >= 0.3 is 6.09 Å². The molecule has 2 fully saturated rings. The summed E-state index contributed by atoms with van der Waals surface area (Å²) in [5.41, 5.74) is 5.64. The Morgan fingerprint density at radius 1 is 1.40 bits per heavy atom. The summed E-state index contributed by atoms with van der Waals surface area (Å²) in [6.45, 7) is 2.42. The summed E-state index contributed by atoms with van der Waals surface area (Å²) in [5, 5.41) is 0. The molecule has 2 heterocycles. The number of hydrogen-bond donors (Lipinski definition) is 1. The molecule has 86 valence electrons. The predicted molar refractivity (Wildman–Crippen MR) is 54.5 cm³/mol. The molecule has 2 atom stereocenters. The first-order valence-electron chi connectivity index (χ1n) is 5.56. The van der Waals surface area contributed by atoms with Gasteiger partial charge in [0.2, 0.25) is 0 Å². The van der Waals surface area contributed by atoms with Gasteiger partial charge in [-0.15, -0.1) is 0 Å². The predicted octanol–water partition coefficient (Wildman–Crippen LogP) is 0.335. The molecule has 2 aliphatic rings. The molecule has 2 rings (SSSR count). The molecule has 0 aromatic rings. The summed E-state index contributed by atoms with van der Waals surface area (Å²) in [6, 6.07) is 0.121. The van der Waals surface area contributed by atoms with Crippen LogP contribution < -0.4 is 5.73 Å². The zero-order chi connectivity index (χ0) is 10.7. The minimum absolute atomic E-state index is 0.121. The highest BCUT2D eigenvalue weighted by atomic mass is 16.6. The third-order valence-corrected chi connectivity index (χ3v) is 3.05. The SMILES string of the molecule is NCC1CCOC(=O)N1CC1CCCO1. The van der Waals surface area contributed by atoms with E-state index in [0.29, 0.717) is 19.7 Å². The Hall–Kier alpha value is -0.810. The van der Waals surface area contributed by atoms with Gasteiger partial charge in [0.15, 0.2) is 0 Å². The second-order valence-electron chi connectivity index (χ2n) is 4.08. The van der Waals surface area contributed by atoms with Crippen molar-refractivity contribution in [3.05, 3.63) is 0 Å². The third kappa shape index (κ3) is 2.41. The number of carbonyl (C=O) groups excluding carboxylic acids is 1. The van der Waals surface area contributed by atoms with Gasteiger partial charge in [-0.2, -0.15) is 0 Å². The van der Waals surface area contributed by atoms with Crippen molar-refractivity contribution in [2.45, 2.75) is 31.4 Å². The number of nitrogens with two attached hydrogens (primary N) is 1. The molecule has 0 aromatic heterocycles. The highest BCUT2D eigenvalue weighted by Crippen LogP contribution is 2.18. The molecule has 0 bridgehead atoms. The Balaban J connectivity index is 1.93. The van der Waals surface area contributed by atoms with Crippen LogP contribution >= 0.6 is 0 Å². The van der Waals surface area contributed by atoms with Crippen LogP contribution in [0.2, 0.25) is 0 Å². The van der Waals surface area contributed by atoms with E-state index < -0.39 is 0 Å². The van der Waals surface area contributed by atoms with Crippen molar-refractivity contribution in [2.24, 2.45) is 5.73 Å². The first kappa shape index (κ1) is 10.7. The zero-order valence-electron chi connectivity index (χ0n) is 8.85. The van der Waals surface area contributed by atoms with E-state index in [0.717, 1.165) is 25.9 Å². The molecule has 15 heavy (non-hydrogen) atoms. The van der Waals surface area contributed by atoms with Crippen molar-refractivity contribution < 1.29 is 14.3 Å². The van der Waals surface area contributed by atoms with Gasteiger partial charge in [0, 0.05) is 19.6 Å². The molecule has 2 saturated heterocycles. The van der Waals surface area contributed by atoms with E-state index in [4.69, 9.17) is 15.2 Å². The minimum atomic E-state index is -0.243. The molecular weight excluding hydrogens is 196 g/mol. The standard InChI is InChI=1S/C10H18N2O3/c11-6-8-3-5-15-10(13)12(8)7-9-2-1-4-14-9/h8-9H,1-7,11H2. The van der Waals surface area contributed by atoms with Crippen molar-refractivity contribution in [1.29, 1.82) is 0 Å². The molecule has 5 nitrogen and oxygen atoms in total. The van der Waals surface area contributed by atoms with Gasteiger partial charge in [0.05, 0.1) is 25.3 Å². The number of nitrogens with zero attached hydrogens (tertiary/aromatic N) is 1. The Bertz CT molecular complexity index is 229. The second-order valence-corrected chi connectivity index (χ2v) is 4.08. The minimum Gasteiger partial charge on any atom is -0.449 e. The fraction of sp³-hybridized carbons (Fsp3) is 0.900. The summed E-state index contributed by atoms with van der Waals surface area (Å²) in [7, 11) is 0. The van der Waals surface area contributed by atoms with E-state index in [9.17, 15) is 4.79 Å². The number of rotatable bonds is 3. The summed E-state index contributed by atoms with van der Waals surface area (Å²) in [6.07, 6.45) is 2.87. The summed E-state index contributed by atoms with van der Waals surface area (Å²) >= 11 is 0. The average molecular weight is 214 g/mol. The van der Waals surface area contributed by atoms with Crippen LogP contribution in [0.3, 0.4) is 0 Å². The first-order chi connectivity index (χ1) is 7.31. The maximum Gasteiger partial charge on any atom is 0.410 e. The van der Waals surface area contributed by atoms with Gasteiger partial charge in [-0.3, -0.25) is 0 Å². The summed E-state index contributed by atoms with van der Waals surface area (Å²) in [5.74, 6) is 0. The van der Waals surface area contributed by atoms with Gasteiger partial charge in [-0.05, 0) is 12.8 Å². The number of cyclic esters (lactones) is 1. The van der Waals surface area contributed by atoms with E-state index in [1.54, 1.807) is 4.90 Å². The van der Waals surface area contributed by atoms with E-state index in [2.05, 4.69) is 0 Å². The molecule has 2 aliphatic heterocycles. The van der Waals surface area contributed by atoms with Crippen LogP contribution in [0.5, 0.6) is 0 Å². The van der Waals surface area contributed by atoms with Crippen LogP contribution in [0.4, 0.5) is 4.79 Å². The number of carbonyl (C=O) groups is 1. The van der Waals surface area contributed by atoms with Gasteiger partial charge in [0.1, 0.15) is 0 Å². The molecule has 0 spiro atoms. The van der Waals surface area contributed by atoms with Crippen molar-refractivity contribution in [3.63, 3.8) is 0 Å². The Morgan fingerprint density at radius 3 is 2.93 bits per heavy atom. The van der Waals surface area contributed by atoms with Crippen LogP contribution in [0.1, 0.15) is 19.3 Å². The monoisotopic (exact) mass is 214 g/mol. The molecule has 2 unspecified atom stereocenters. The summed E-state index contributed by atoms with van der Waals surface area (Å²) in [4.78, 5) is 13.3. The van der Waals surface area contributed by atoms with Crippen molar-refractivity contribution in [3.8, 4) is 0 Å². The molecule has 0 saturated carbocycles. The lowest BCUT2D eigenvalue weighted by Gasteiger charge is -2.35. The molecular formula is C10H18N2O3. The molecule has 0 aromatic carbocycles. The Labute approximate surface area is 89.5 Å². The molecule has 2 N–H and O–H groups in total. The highest BCUT2D eigenvalue weighted by Gasteiger charge is 2.31. The van der Waals surface area contributed by atoms with E-state index in [-0.39, 0.29) is 18.2 Å². The largest absolute Gasteiger partial charge is 0.449 e. The van der Waals surface area contributed by atoms with Crippen molar-refractivity contribution in [2.75, 3.05) is 26.3 Å². The average Bonchev–Trinajstić information content (AvgIpc) is 2.74. The third-order valence-electron chi connectivity index (χ3n) is 3.05. The molecule has 5 heteroatoms. The van der Waals surface area contributed by atoms with E-state index >= 15 is 0 Å². The lowest BCUT2D eigenvalue weighted by Crippen LogP contribution is -2.51. The number of amides is 1. The maximum atomic E-state index is 11.5. The fourth-order valence-corrected chi connectivity index (χ4v) is 2.15. The van der Waals surface area contributed by atoms with Crippen LogP contribution in [0.25, 0.3) is 0 Å². The Morgan fingerprint density at radius 2 is 2.27 bits per heavy atom. The van der Waals surface area contributed by atoms with Crippen LogP contribution in [0, 0.1) is 0 Å². The van der Waals surface area contributed by atoms with E-state index in [1.807, 2.05) is 0 Å². The van der Waals surface area contributed by atoms with Gasteiger partial charge < -0.3 is 20.1 Å². The van der Waals surface area contributed by atoms with Gasteiger partial charge in [-0.1, -0.05) is 0 Å². The van der Waals surface area contributed by atoms with Crippen molar-refractivity contribution >= 4 is 6.09 Å². The first-order valence-corrected chi connectivity index (χ1v) is 5.56. The summed E-state index contributed by atoms with van der Waals surface area (Å²) < 4.78 is 10.5. The number of ether oxygens (including phenoxy) is 2. The second kappa shape index (κ2) is 4.81. The van der Waals surface area contributed by atoms with E-state index in [1.165, 1.54) is 0 Å². The molecule has 0 aliphatic carbocycles. The number of hydrogen-bond acceptors (Lipinski definition) is 4. The lowest BCUT2D eigenvalue weighted by molar-refractivity contribution is 0.0145. The van der Waals surface area contributed by atoms with Gasteiger partial charge in [0.25, 0.3) is 0 Å². The van der Waals surface area contributed by atoms with Crippen LogP contribution in [-0.4, -0.2) is 49.4 Å². The van der Waals surface area contributed by atoms with Crippen molar-refractivity contribution in [1.82, 2.24) is 4.90 Å². The van der Waals surface area contributed by atoms with Crippen LogP contribution in [-0.2, 0) is 9.47 Å². The smallest absolute Gasteiger partial charge is 0.410 e. The quantitative estimate of drug-likeness (QED) is 0.735. The lowest BCUT2D eigenvalue weighted by atomic mass is 10.1. The zero-order valence-corrected chi connectivity index (χ0v) is 8.85. The maximum absolute atomic E-state index is 11.5. The molecule has 0 radical (unpaired) electrons.